The third-order valence-electron chi connectivity index (χ3n) is 3.49. The third kappa shape index (κ3) is 3.06. The highest BCUT2D eigenvalue weighted by Gasteiger charge is 2.11. The number of fused-ring (bicyclic) bond motifs is 1. The van der Waals surface area contributed by atoms with Crippen LogP contribution < -0.4 is 5.73 Å². The zero-order chi connectivity index (χ0) is 14.7. The average Bonchev–Trinajstić information content (AvgIpc) is 2.53. The van der Waals surface area contributed by atoms with Gasteiger partial charge in [-0.25, -0.2) is 9.97 Å². The first-order valence-corrected chi connectivity index (χ1v) is 7.88. The van der Waals surface area contributed by atoms with Crippen LogP contribution in [0.4, 0.5) is 0 Å². The van der Waals surface area contributed by atoms with Gasteiger partial charge in [-0.2, -0.15) is 0 Å². The second-order valence-electron chi connectivity index (χ2n) is 4.97. The molecule has 0 saturated carbocycles. The second-order valence-corrected chi connectivity index (χ2v) is 5.98. The Kier molecular flexibility index (Phi) is 4.18. The summed E-state index contributed by atoms with van der Waals surface area (Å²) >= 11 is 1.69. The first-order valence-electron chi connectivity index (χ1n) is 6.89. The van der Waals surface area contributed by atoms with Crippen LogP contribution in [0.2, 0.25) is 0 Å². The first-order chi connectivity index (χ1) is 10.3. The molecule has 2 N–H and O–H groups in total. The van der Waals surface area contributed by atoms with Gasteiger partial charge in [-0.05, 0) is 24.1 Å². The van der Waals surface area contributed by atoms with E-state index in [1.807, 2.05) is 30.3 Å². The standard InChI is InChI=1S/C17H17N3S/c1-12-6-2-3-7-13(12)15(18)10-21-17-14-8-4-5-9-16(14)19-11-20-17/h2-9,11,15H,10,18H2,1H3. The lowest BCUT2D eigenvalue weighted by Crippen LogP contribution is -2.14. The minimum atomic E-state index is 0.00456. The molecule has 4 heteroatoms. The Morgan fingerprint density at radius 1 is 1.05 bits per heavy atom. The van der Waals surface area contributed by atoms with Crippen molar-refractivity contribution in [1.29, 1.82) is 0 Å². The van der Waals surface area contributed by atoms with E-state index in [9.17, 15) is 0 Å². The van der Waals surface area contributed by atoms with Crippen molar-refractivity contribution in [2.24, 2.45) is 5.73 Å². The molecule has 0 aliphatic carbocycles. The molecule has 21 heavy (non-hydrogen) atoms. The minimum absolute atomic E-state index is 0.00456. The van der Waals surface area contributed by atoms with Crippen LogP contribution >= 0.6 is 11.8 Å². The second kappa shape index (κ2) is 6.24. The predicted octanol–water partition coefficient (Wildman–Crippen LogP) is 3.73. The fraction of sp³-hybridized carbons (Fsp3) is 0.176. The number of hydrogen-bond acceptors (Lipinski definition) is 4. The lowest BCUT2D eigenvalue weighted by molar-refractivity contribution is 0.821. The summed E-state index contributed by atoms with van der Waals surface area (Å²) in [5, 5.41) is 2.08. The van der Waals surface area contributed by atoms with Crippen LogP contribution in [0.3, 0.4) is 0 Å². The van der Waals surface area contributed by atoms with Crippen molar-refractivity contribution in [3.8, 4) is 0 Å². The number of aromatic nitrogens is 2. The van der Waals surface area contributed by atoms with Gasteiger partial charge in [0, 0.05) is 17.2 Å². The van der Waals surface area contributed by atoms with Crippen molar-refractivity contribution in [2.75, 3.05) is 5.75 Å². The topological polar surface area (TPSA) is 51.8 Å². The maximum Gasteiger partial charge on any atom is 0.117 e. The van der Waals surface area contributed by atoms with Crippen LogP contribution in [0.25, 0.3) is 10.9 Å². The normalized spacial score (nSPS) is 12.5. The minimum Gasteiger partial charge on any atom is -0.323 e. The summed E-state index contributed by atoms with van der Waals surface area (Å²) < 4.78 is 0. The number of hydrogen-bond donors (Lipinski definition) is 1. The summed E-state index contributed by atoms with van der Waals surface area (Å²) in [7, 11) is 0. The zero-order valence-electron chi connectivity index (χ0n) is 11.9. The van der Waals surface area contributed by atoms with Crippen LogP contribution in [0.5, 0.6) is 0 Å². The number of nitrogens with zero attached hydrogens (tertiary/aromatic N) is 2. The van der Waals surface area contributed by atoms with Gasteiger partial charge in [-0.1, -0.05) is 42.5 Å². The van der Waals surface area contributed by atoms with E-state index in [-0.39, 0.29) is 6.04 Å². The van der Waals surface area contributed by atoms with Gasteiger partial charge in [0.2, 0.25) is 0 Å². The van der Waals surface area contributed by atoms with Gasteiger partial charge >= 0.3 is 0 Å². The lowest BCUT2D eigenvalue weighted by atomic mass is 10.0. The Balaban J connectivity index is 1.79. The van der Waals surface area contributed by atoms with Crippen LogP contribution in [0, 0.1) is 6.92 Å². The third-order valence-corrected chi connectivity index (χ3v) is 4.62. The molecule has 0 aliphatic rings. The number of aryl methyl sites for hydroxylation is 1. The highest BCUT2D eigenvalue weighted by molar-refractivity contribution is 7.99. The number of thioether (sulfide) groups is 1. The van der Waals surface area contributed by atoms with Crippen LogP contribution in [0.15, 0.2) is 59.9 Å². The van der Waals surface area contributed by atoms with Gasteiger partial charge in [0.15, 0.2) is 0 Å². The SMILES string of the molecule is Cc1ccccc1C(N)CSc1ncnc2ccccc12. The maximum atomic E-state index is 6.32. The number of para-hydroxylation sites is 1. The number of benzene rings is 2. The van der Waals surface area contributed by atoms with Gasteiger partial charge in [-0.15, -0.1) is 11.8 Å². The fourth-order valence-corrected chi connectivity index (χ4v) is 3.32. The molecule has 3 nitrogen and oxygen atoms in total. The first kappa shape index (κ1) is 14.0. The number of rotatable bonds is 4. The van der Waals surface area contributed by atoms with E-state index in [1.165, 1.54) is 11.1 Å². The summed E-state index contributed by atoms with van der Waals surface area (Å²) in [5.74, 6) is 0.797. The van der Waals surface area contributed by atoms with Gasteiger partial charge in [0.25, 0.3) is 0 Å². The molecule has 1 aromatic heterocycles. The van der Waals surface area contributed by atoms with E-state index in [0.29, 0.717) is 0 Å². The van der Waals surface area contributed by atoms with Crippen molar-refractivity contribution in [2.45, 2.75) is 18.0 Å². The Morgan fingerprint density at radius 3 is 2.67 bits per heavy atom. The van der Waals surface area contributed by atoms with Gasteiger partial charge < -0.3 is 5.73 Å². The Bertz CT molecular complexity index is 752. The molecular formula is C17H17N3S. The summed E-state index contributed by atoms with van der Waals surface area (Å²) in [6.07, 6.45) is 1.62. The molecule has 0 fully saturated rings. The molecular weight excluding hydrogens is 278 g/mol. The summed E-state index contributed by atoms with van der Waals surface area (Å²) in [6.45, 7) is 2.10. The Hall–Kier alpha value is -1.91. The smallest absolute Gasteiger partial charge is 0.117 e. The predicted molar refractivity (Wildman–Crippen MR) is 88.4 cm³/mol. The molecule has 3 aromatic rings. The molecule has 0 saturated heterocycles. The van der Waals surface area contributed by atoms with E-state index in [0.717, 1.165) is 21.7 Å². The van der Waals surface area contributed by atoms with E-state index in [1.54, 1.807) is 18.1 Å². The molecule has 0 radical (unpaired) electrons. The molecule has 1 atom stereocenters. The molecule has 0 amide bonds. The van der Waals surface area contributed by atoms with Crippen molar-refractivity contribution >= 4 is 22.7 Å². The van der Waals surface area contributed by atoms with Gasteiger partial charge in [0.05, 0.1) is 5.52 Å². The molecule has 0 bridgehead atoms. The van der Waals surface area contributed by atoms with Crippen LogP contribution in [0.1, 0.15) is 17.2 Å². The largest absolute Gasteiger partial charge is 0.323 e. The zero-order valence-corrected chi connectivity index (χ0v) is 12.7. The van der Waals surface area contributed by atoms with Crippen molar-refractivity contribution in [3.05, 3.63) is 66.0 Å². The molecule has 1 heterocycles. The monoisotopic (exact) mass is 295 g/mol. The Labute approximate surface area is 128 Å². The summed E-state index contributed by atoms with van der Waals surface area (Å²) in [4.78, 5) is 8.68. The number of nitrogens with two attached hydrogens (primary N) is 1. The van der Waals surface area contributed by atoms with E-state index in [2.05, 4.69) is 35.1 Å². The molecule has 0 spiro atoms. The summed E-state index contributed by atoms with van der Waals surface area (Å²) in [5.41, 5.74) is 9.73. The van der Waals surface area contributed by atoms with Crippen molar-refractivity contribution < 1.29 is 0 Å². The van der Waals surface area contributed by atoms with Crippen molar-refractivity contribution in [1.82, 2.24) is 9.97 Å². The quantitative estimate of drug-likeness (QED) is 0.588. The molecule has 2 aromatic carbocycles. The van der Waals surface area contributed by atoms with Gasteiger partial charge in [0.1, 0.15) is 11.4 Å². The van der Waals surface area contributed by atoms with E-state index >= 15 is 0 Å². The average molecular weight is 295 g/mol. The Morgan fingerprint density at radius 2 is 1.81 bits per heavy atom. The van der Waals surface area contributed by atoms with Crippen LogP contribution in [-0.2, 0) is 0 Å². The maximum absolute atomic E-state index is 6.32. The van der Waals surface area contributed by atoms with E-state index in [4.69, 9.17) is 5.73 Å². The van der Waals surface area contributed by atoms with Crippen LogP contribution in [-0.4, -0.2) is 15.7 Å². The summed E-state index contributed by atoms with van der Waals surface area (Å²) in [6, 6.07) is 16.3. The molecule has 0 aliphatic heterocycles. The molecule has 106 valence electrons. The highest BCUT2D eigenvalue weighted by Crippen LogP contribution is 2.28. The van der Waals surface area contributed by atoms with Crippen molar-refractivity contribution in [3.63, 3.8) is 0 Å². The van der Waals surface area contributed by atoms with E-state index < -0.39 is 0 Å². The molecule has 1 unspecified atom stereocenters. The fourth-order valence-electron chi connectivity index (χ4n) is 2.36. The lowest BCUT2D eigenvalue weighted by Gasteiger charge is -2.14. The van der Waals surface area contributed by atoms with Gasteiger partial charge in [-0.3, -0.25) is 0 Å². The molecule has 3 rings (SSSR count). The highest BCUT2D eigenvalue weighted by atomic mass is 32.2.